The standard InChI is InChI=1S/C14H22N2O/c1-12-4-3-7-16(9-5-12)11-14(17)13-6-8-15(2)10-13/h6,8,10,12H,3-5,7,9,11H2,1-2H3. The minimum atomic E-state index is 0.250. The van der Waals surface area contributed by atoms with Gasteiger partial charge in [-0.3, -0.25) is 9.69 Å². The van der Waals surface area contributed by atoms with Gasteiger partial charge in [0.1, 0.15) is 0 Å². The third-order valence-electron chi connectivity index (χ3n) is 3.63. The molecule has 0 spiro atoms. The second kappa shape index (κ2) is 5.50. The van der Waals surface area contributed by atoms with E-state index in [4.69, 9.17) is 0 Å². The van der Waals surface area contributed by atoms with Gasteiger partial charge in [-0.1, -0.05) is 6.92 Å². The van der Waals surface area contributed by atoms with Crippen LogP contribution in [0.4, 0.5) is 0 Å². The van der Waals surface area contributed by atoms with Gasteiger partial charge in [0.25, 0.3) is 0 Å². The summed E-state index contributed by atoms with van der Waals surface area (Å²) in [5.41, 5.74) is 0.838. The molecule has 17 heavy (non-hydrogen) atoms. The lowest BCUT2D eigenvalue weighted by Crippen LogP contribution is -2.30. The summed E-state index contributed by atoms with van der Waals surface area (Å²) >= 11 is 0. The van der Waals surface area contributed by atoms with E-state index in [1.807, 2.05) is 30.1 Å². The van der Waals surface area contributed by atoms with Gasteiger partial charge in [0.15, 0.2) is 5.78 Å². The highest BCUT2D eigenvalue weighted by molar-refractivity contribution is 5.97. The quantitative estimate of drug-likeness (QED) is 0.750. The van der Waals surface area contributed by atoms with E-state index in [9.17, 15) is 4.79 Å². The van der Waals surface area contributed by atoms with Crippen molar-refractivity contribution in [2.24, 2.45) is 13.0 Å². The summed E-state index contributed by atoms with van der Waals surface area (Å²) < 4.78 is 1.93. The second-order valence-corrected chi connectivity index (χ2v) is 5.30. The van der Waals surface area contributed by atoms with Gasteiger partial charge in [0.05, 0.1) is 6.54 Å². The third kappa shape index (κ3) is 3.43. The zero-order valence-corrected chi connectivity index (χ0v) is 10.9. The largest absolute Gasteiger partial charge is 0.357 e. The number of nitrogens with zero attached hydrogens (tertiary/aromatic N) is 2. The maximum atomic E-state index is 12.1. The fraction of sp³-hybridized carbons (Fsp3) is 0.643. The molecule has 0 aliphatic carbocycles. The van der Waals surface area contributed by atoms with E-state index in [1.165, 1.54) is 19.3 Å². The molecule has 94 valence electrons. The predicted molar refractivity (Wildman–Crippen MR) is 69.2 cm³/mol. The molecule has 1 fully saturated rings. The van der Waals surface area contributed by atoms with Crippen molar-refractivity contribution in [3.8, 4) is 0 Å². The lowest BCUT2D eigenvalue weighted by atomic mass is 10.0. The van der Waals surface area contributed by atoms with Crippen LogP contribution in [0.25, 0.3) is 0 Å². The van der Waals surface area contributed by atoms with Crippen molar-refractivity contribution < 1.29 is 4.79 Å². The molecule has 2 rings (SSSR count). The summed E-state index contributed by atoms with van der Waals surface area (Å²) in [6, 6.07) is 1.91. The average molecular weight is 234 g/mol. The molecule has 1 aromatic heterocycles. The van der Waals surface area contributed by atoms with Crippen LogP contribution in [0.15, 0.2) is 18.5 Å². The molecule has 1 aromatic rings. The number of Topliss-reactive ketones (excluding diaryl/α,β-unsaturated/α-hetero) is 1. The average Bonchev–Trinajstić information content (AvgIpc) is 2.62. The monoisotopic (exact) mass is 234 g/mol. The smallest absolute Gasteiger partial charge is 0.178 e. The highest BCUT2D eigenvalue weighted by Gasteiger charge is 2.17. The molecule has 1 atom stereocenters. The highest BCUT2D eigenvalue weighted by atomic mass is 16.1. The van der Waals surface area contributed by atoms with E-state index in [1.54, 1.807) is 0 Å². The van der Waals surface area contributed by atoms with E-state index < -0.39 is 0 Å². The molecule has 3 nitrogen and oxygen atoms in total. The number of hydrogen-bond donors (Lipinski definition) is 0. The van der Waals surface area contributed by atoms with Crippen LogP contribution in [0, 0.1) is 5.92 Å². The molecule has 2 heterocycles. The topological polar surface area (TPSA) is 25.2 Å². The molecular weight excluding hydrogens is 212 g/mol. The Balaban J connectivity index is 1.90. The molecule has 0 saturated carbocycles. The third-order valence-corrected chi connectivity index (χ3v) is 3.63. The SMILES string of the molecule is CC1CCCN(CC(=O)c2ccn(C)c2)CC1. The van der Waals surface area contributed by atoms with E-state index >= 15 is 0 Å². The van der Waals surface area contributed by atoms with Gasteiger partial charge in [0.2, 0.25) is 0 Å². The van der Waals surface area contributed by atoms with E-state index in [0.29, 0.717) is 6.54 Å². The summed E-state index contributed by atoms with van der Waals surface area (Å²) in [4.78, 5) is 14.4. The van der Waals surface area contributed by atoms with Gasteiger partial charge in [-0.2, -0.15) is 0 Å². The molecule has 0 N–H and O–H groups in total. The van der Waals surface area contributed by atoms with Gasteiger partial charge in [-0.05, 0) is 44.3 Å². The Morgan fingerprint density at radius 2 is 2.24 bits per heavy atom. The van der Waals surface area contributed by atoms with Crippen LogP contribution in [-0.2, 0) is 7.05 Å². The lowest BCUT2D eigenvalue weighted by Gasteiger charge is -2.18. The van der Waals surface area contributed by atoms with Crippen molar-refractivity contribution in [1.29, 1.82) is 0 Å². The molecule has 0 radical (unpaired) electrons. The van der Waals surface area contributed by atoms with Crippen LogP contribution in [0.5, 0.6) is 0 Å². The van der Waals surface area contributed by atoms with Gasteiger partial charge in [0, 0.05) is 25.0 Å². The van der Waals surface area contributed by atoms with Crippen molar-refractivity contribution in [2.75, 3.05) is 19.6 Å². The molecular formula is C14H22N2O. The fourth-order valence-electron chi connectivity index (χ4n) is 2.44. The first-order chi connectivity index (χ1) is 8.15. The first kappa shape index (κ1) is 12.4. The van der Waals surface area contributed by atoms with Crippen LogP contribution in [0.2, 0.25) is 0 Å². The minimum absolute atomic E-state index is 0.250. The van der Waals surface area contributed by atoms with E-state index in [-0.39, 0.29) is 5.78 Å². The molecule has 1 saturated heterocycles. The summed E-state index contributed by atoms with van der Waals surface area (Å²) in [6.45, 7) is 5.03. The van der Waals surface area contributed by atoms with Crippen molar-refractivity contribution in [1.82, 2.24) is 9.47 Å². The van der Waals surface area contributed by atoms with Crippen molar-refractivity contribution in [2.45, 2.75) is 26.2 Å². The molecule has 1 aliphatic heterocycles. The van der Waals surface area contributed by atoms with Gasteiger partial charge < -0.3 is 4.57 Å². The summed E-state index contributed by atoms with van der Waals surface area (Å²) in [5, 5.41) is 0. The minimum Gasteiger partial charge on any atom is -0.357 e. The Morgan fingerprint density at radius 1 is 1.41 bits per heavy atom. The van der Waals surface area contributed by atoms with Gasteiger partial charge >= 0.3 is 0 Å². The summed E-state index contributed by atoms with van der Waals surface area (Å²) in [5.74, 6) is 1.06. The lowest BCUT2D eigenvalue weighted by molar-refractivity contribution is 0.0932. The van der Waals surface area contributed by atoms with Crippen LogP contribution in [-0.4, -0.2) is 34.9 Å². The molecule has 1 aliphatic rings. The first-order valence-electron chi connectivity index (χ1n) is 6.52. The Kier molecular flexibility index (Phi) is 4.00. The van der Waals surface area contributed by atoms with Crippen LogP contribution in [0.1, 0.15) is 36.5 Å². The maximum absolute atomic E-state index is 12.1. The van der Waals surface area contributed by atoms with E-state index in [0.717, 1.165) is 24.6 Å². The molecule has 0 bridgehead atoms. The van der Waals surface area contributed by atoms with Gasteiger partial charge in [-0.25, -0.2) is 0 Å². The molecule has 3 heteroatoms. The Bertz CT molecular complexity index is 383. The highest BCUT2D eigenvalue weighted by Crippen LogP contribution is 2.16. The van der Waals surface area contributed by atoms with E-state index in [2.05, 4.69) is 11.8 Å². The fourth-order valence-corrected chi connectivity index (χ4v) is 2.44. The van der Waals surface area contributed by atoms with Crippen molar-refractivity contribution >= 4 is 5.78 Å². The number of likely N-dealkylation sites (tertiary alicyclic amines) is 1. The number of carbonyl (C=O) groups excluding carboxylic acids is 1. The van der Waals surface area contributed by atoms with Crippen LogP contribution >= 0.6 is 0 Å². The van der Waals surface area contributed by atoms with Crippen molar-refractivity contribution in [3.05, 3.63) is 24.0 Å². The Hall–Kier alpha value is -1.09. The Morgan fingerprint density at radius 3 is 2.94 bits per heavy atom. The van der Waals surface area contributed by atoms with Crippen LogP contribution < -0.4 is 0 Å². The zero-order chi connectivity index (χ0) is 12.3. The Labute approximate surface area is 103 Å². The maximum Gasteiger partial charge on any atom is 0.178 e. The predicted octanol–water partition coefficient (Wildman–Crippen LogP) is 2.33. The number of rotatable bonds is 3. The van der Waals surface area contributed by atoms with Gasteiger partial charge in [-0.15, -0.1) is 0 Å². The molecule has 1 unspecified atom stereocenters. The zero-order valence-electron chi connectivity index (χ0n) is 10.9. The number of aromatic nitrogens is 1. The summed E-state index contributed by atoms with van der Waals surface area (Å²) in [7, 11) is 1.95. The van der Waals surface area contributed by atoms with Crippen LogP contribution in [0.3, 0.4) is 0 Å². The molecule has 0 aromatic carbocycles. The number of aryl methyl sites for hydroxylation is 1. The molecule has 0 amide bonds. The number of ketones is 1. The first-order valence-corrected chi connectivity index (χ1v) is 6.52. The van der Waals surface area contributed by atoms with Crippen molar-refractivity contribution in [3.63, 3.8) is 0 Å². The summed E-state index contributed by atoms with van der Waals surface area (Å²) in [6.07, 6.45) is 7.59. The number of hydrogen-bond acceptors (Lipinski definition) is 2. The normalized spacial score (nSPS) is 22.4. The second-order valence-electron chi connectivity index (χ2n) is 5.30. The number of carbonyl (C=O) groups is 1.